The third-order valence-corrected chi connectivity index (χ3v) is 5.28. The van der Waals surface area contributed by atoms with Gasteiger partial charge < -0.3 is 24.1 Å². The molecule has 8 heteroatoms. The van der Waals surface area contributed by atoms with Gasteiger partial charge in [-0.25, -0.2) is 0 Å². The Labute approximate surface area is 174 Å². The van der Waals surface area contributed by atoms with E-state index in [0.29, 0.717) is 28.6 Å². The Morgan fingerprint density at radius 3 is 2.57 bits per heavy atom. The second-order valence-electron chi connectivity index (χ2n) is 7.07. The predicted molar refractivity (Wildman–Crippen MR) is 113 cm³/mol. The number of hydrogen-bond donors (Lipinski definition) is 1. The number of piperidine rings is 1. The smallest absolute Gasteiger partial charge is 0.227 e. The summed E-state index contributed by atoms with van der Waals surface area (Å²) in [7, 11) is 3.16. The van der Waals surface area contributed by atoms with E-state index >= 15 is 0 Å². The maximum atomic E-state index is 12.8. The van der Waals surface area contributed by atoms with Crippen LogP contribution in [0.4, 0.5) is 11.5 Å². The third-order valence-electron chi connectivity index (χ3n) is 5.28. The second-order valence-corrected chi connectivity index (χ2v) is 7.07. The minimum absolute atomic E-state index is 0.00244. The predicted octanol–water partition coefficient (Wildman–Crippen LogP) is 3.61. The number of benzene rings is 1. The van der Waals surface area contributed by atoms with Crippen LogP contribution >= 0.6 is 0 Å². The molecule has 8 nitrogen and oxygen atoms in total. The molecule has 3 aromatic rings. The van der Waals surface area contributed by atoms with Crippen molar-refractivity contribution in [3.05, 3.63) is 48.7 Å². The van der Waals surface area contributed by atoms with E-state index in [-0.39, 0.29) is 11.8 Å². The maximum absolute atomic E-state index is 12.8. The Morgan fingerprint density at radius 2 is 1.93 bits per heavy atom. The number of anilines is 2. The SMILES string of the molecule is COc1ccc(NC(=O)C2CCN(c3ccc(-c4ccco4)nn3)CC2)c(OC)c1. The van der Waals surface area contributed by atoms with Crippen molar-refractivity contribution in [2.75, 3.05) is 37.5 Å². The van der Waals surface area contributed by atoms with Crippen LogP contribution in [0, 0.1) is 5.92 Å². The molecule has 0 radical (unpaired) electrons. The molecule has 0 unspecified atom stereocenters. The minimum atomic E-state index is -0.0663. The molecule has 1 aromatic carbocycles. The largest absolute Gasteiger partial charge is 0.497 e. The first-order valence-corrected chi connectivity index (χ1v) is 9.83. The van der Waals surface area contributed by atoms with Crippen LogP contribution in [0.2, 0.25) is 0 Å². The molecule has 1 aliphatic rings. The van der Waals surface area contributed by atoms with E-state index in [1.807, 2.05) is 24.3 Å². The van der Waals surface area contributed by atoms with Gasteiger partial charge in [0.25, 0.3) is 0 Å². The van der Waals surface area contributed by atoms with Crippen LogP contribution in [0.5, 0.6) is 11.5 Å². The van der Waals surface area contributed by atoms with E-state index in [1.54, 1.807) is 38.7 Å². The van der Waals surface area contributed by atoms with Gasteiger partial charge in [-0.3, -0.25) is 4.79 Å². The molecule has 1 aliphatic heterocycles. The summed E-state index contributed by atoms with van der Waals surface area (Å²) in [5.41, 5.74) is 1.34. The molecule has 1 amide bonds. The summed E-state index contributed by atoms with van der Waals surface area (Å²) < 4.78 is 15.9. The highest BCUT2D eigenvalue weighted by Crippen LogP contribution is 2.30. The van der Waals surface area contributed by atoms with Gasteiger partial charge in [0.2, 0.25) is 5.91 Å². The molecule has 0 bridgehead atoms. The van der Waals surface area contributed by atoms with Crippen molar-refractivity contribution in [1.29, 1.82) is 0 Å². The zero-order valence-corrected chi connectivity index (χ0v) is 17.0. The normalized spacial score (nSPS) is 14.4. The highest BCUT2D eigenvalue weighted by atomic mass is 16.5. The van der Waals surface area contributed by atoms with E-state index in [0.717, 1.165) is 31.7 Å². The lowest BCUT2D eigenvalue weighted by Crippen LogP contribution is -2.38. The van der Waals surface area contributed by atoms with Crippen LogP contribution < -0.4 is 19.7 Å². The number of methoxy groups -OCH3 is 2. The summed E-state index contributed by atoms with van der Waals surface area (Å²) in [5, 5.41) is 11.6. The maximum Gasteiger partial charge on any atom is 0.227 e. The van der Waals surface area contributed by atoms with Crippen LogP contribution in [0.25, 0.3) is 11.5 Å². The molecule has 0 atom stereocenters. The summed E-state index contributed by atoms with van der Waals surface area (Å²) in [6.45, 7) is 1.49. The highest BCUT2D eigenvalue weighted by molar-refractivity contribution is 5.94. The van der Waals surface area contributed by atoms with Gasteiger partial charge in [-0.1, -0.05) is 0 Å². The Balaban J connectivity index is 1.34. The number of rotatable bonds is 6. The fraction of sp³-hybridized carbons (Fsp3) is 0.318. The number of carbonyl (C=O) groups excluding carboxylic acids is 1. The van der Waals surface area contributed by atoms with Gasteiger partial charge in [-0.15, -0.1) is 10.2 Å². The molecule has 156 valence electrons. The Bertz CT molecular complexity index is 981. The quantitative estimate of drug-likeness (QED) is 0.666. The molecule has 0 aliphatic carbocycles. The lowest BCUT2D eigenvalue weighted by Gasteiger charge is -2.31. The van der Waals surface area contributed by atoms with Gasteiger partial charge in [0.15, 0.2) is 11.6 Å². The van der Waals surface area contributed by atoms with Crippen LogP contribution in [-0.4, -0.2) is 43.4 Å². The van der Waals surface area contributed by atoms with E-state index in [9.17, 15) is 4.79 Å². The van der Waals surface area contributed by atoms with Crippen molar-refractivity contribution in [2.45, 2.75) is 12.8 Å². The molecule has 1 saturated heterocycles. The van der Waals surface area contributed by atoms with Gasteiger partial charge in [0.05, 0.1) is 26.2 Å². The minimum Gasteiger partial charge on any atom is -0.497 e. The fourth-order valence-corrected chi connectivity index (χ4v) is 3.56. The number of hydrogen-bond acceptors (Lipinski definition) is 7. The lowest BCUT2D eigenvalue weighted by molar-refractivity contribution is -0.120. The molecule has 1 N–H and O–H groups in total. The molecule has 2 aromatic heterocycles. The Kier molecular flexibility index (Phi) is 5.83. The monoisotopic (exact) mass is 408 g/mol. The number of carbonyl (C=O) groups is 1. The molecule has 0 spiro atoms. The Morgan fingerprint density at radius 1 is 1.10 bits per heavy atom. The first-order valence-electron chi connectivity index (χ1n) is 9.83. The number of amides is 1. The van der Waals surface area contributed by atoms with Gasteiger partial charge in [0, 0.05) is 25.1 Å². The zero-order chi connectivity index (χ0) is 20.9. The van der Waals surface area contributed by atoms with Crippen molar-refractivity contribution in [1.82, 2.24) is 10.2 Å². The third kappa shape index (κ3) is 4.22. The second kappa shape index (κ2) is 8.86. The number of ether oxygens (including phenoxy) is 2. The Hall–Kier alpha value is -3.55. The highest BCUT2D eigenvalue weighted by Gasteiger charge is 2.26. The van der Waals surface area contributed by atoms with Crippen molar-refractivity contribution in [3.8, 4) is 23.0 Å². The van der Waals surface area contributed by atoms with Crippen molar-refractivity contribution in [3.63, 3.8) is 0 Å². The van der Waals surface area contributed by atoms with Gasteiger partial charge in [0.1, 0.15) is 17.2 Å². The summed E-state index contributed by atoms with van der Waals surface area (Å²) in [6, 6.07) is 12.9. The van der Waals surface area contributed by atoms with Crippen molar-refractivity contribution < 1.29 is 18.7 Å². The van der Waals surface area contributed by atoms with Crippen molar-refractivity contribution in [2.24, 2.45) is 5.92 Å². The van der Waals surface area contributed by atoms with Crippen LogP contribution in [0.3, 0.4) is 0 Å². The average molecular weight is 408 g/mol. The number of nitrogens with one attached hydrogen (secondary N) is 1. The average Bonchev–Trinajstić information content (AvgIpc) is 3.34. The molecular weight excluding hydrogens is 384 g/mol. The molecular formula is C22H24N4O4. The van der Waals surface area contributed by atoms with E-state index in [1.165, 1.54) is 0 Å². The first kappa shape index (κ1) is 19.8. The molecule has 3 heterocycles. The van der Waals surface area contributed by atoms with Gasteiger partial charge >= 0.3 is 0 Å². The molecule has 1 fully saturated rings. The number of furan rings is 1. The lowest BCUT2D eigenvalue weighted by atomic mass is 9.95. The molecule has 0 saturated carbocycles. The first-order chi connectivity index (χ1) is 14.7. The van der Waals surface area contributed by atoms with Crippen LogP contribution in [0.1, 0.15) is 12.8 Å². The standard InChI is InChI=1S/C22H24N4O4/c1-28-16-5-6-17(20(14-16)29-2)23-22(27)15-9-11-26(12-10-15)21-8-7-18(24-25-21)19-4-3-13-30-19/h3-8,13-15H,9-12H2,1-2H3,(H,23,27). The van der Waals surface area contributed by atoms with Gasteiger partial charge in [-0.2, -0.15) is 0 Å². The molecule has 4 rings (SSSR count). The topological polar surface area (TPSA) is 89.7 Å². The number of aromatic nitrogens is 2. The summed E-state index contributed by atoms with van der Waals surface area (Å²) in [5.74, 6) is 2.68. The van der Waals surface area contributed by atoms with E-state index in [4.69, 9.17) is 13.9 Å². The summed E-state index contributed by atoms with van der Waals surface area (Å²) in [4.78, 5) is 14.9. The fourth-order valence-electron chi connectivity index (χ4n) is 3.56. The van der Waals surface area contributed by atoms with Crippen molar-refractivity contribution >= 4 is 17.4 Å². The molecule has 30 heavy (non-hydrogen) atoms. The van der Waals surface area contributed by atoms with Crippen LogP contribution in [-0.2, 0) is 4.79 Å². The number of nitrogens with zero attached hydrogens (tertiary/aromatic N) is 3. The summed E-state index contributed by atoms with van der Waals surface area (Å²) in [6.07, 6.45) is 3.10. The van der Waals surface area contributed by atoms with E-state index < -0.39 is 0 Å². The van der Waals surface area contributed by atoms with Crippen LogP contribution in [0.15, 0.2) is 53.1 Å². The van der Waals surface area contributed by atoms with E-state index in [2.05, 4.69) is 20.4 Å². The van der Waals surface area contributed by atoms with Gasteiger partial charge in [-0.05, 0) is 49.2 Å². The summed E-state index contributed by atoms with van der Waals surface area (Å²) >= 11 is 0. The zero-order valence-electron chi connectivity index (χ0n) is 17.0.